The molecule has 1 aromatic carbocycles. The summed E-state index contributed by atoms with van der Waals surface area (Å²) in [4.78, 5) is 12.1. The monoisotopic (exact) mass is 326 g/mol. The lowest BCUT2D eigenvalue weighted by Gasteiger charge is -2.08. The quantitative estimate of drug-likeness (QED) is 0.790. The van der Waals surface area contributed by atoms with E-state index in [4.69, 9.17) is 34.4 Å². The van der Waals surface area contributed by atoms with Crippen LogP contribution in [0.25, 0.3) is 5.69 Å². The Balaban J connectivity index is 2.44. The Morgan fingerprint density at radius 2 is 2.10 bits per heavy atom. The van der Waals surface area contributed by atoms with Gasteiger partial charge < -0.3 is 4.74 Å². The van der Waals surface area contributed by atoms with E-state index in [0.717, 1.165) is 11.1 Å². The number of terminal acetylenes is 1. The molecule has 0 unspecified atom stereocenters. The summed E-state index contributed by atoms with van der Waals surface area (Å²) >= 11 is 12.2. The van der Waals surface area contributed by atoms with Gasteiger partial charge in [-0.3, -0.25) is 0 Å². The lowest BCUT2D eigenvalue weighted by molar-refractivity contribution is 0.370. The second-order valence-corrected chi connectivity index (χ2v) is 4.94. The van der Waals surface area contributed by atoms with Crippen molar-refractivity contribution >= 4 is 23.2 Å². The van der Waals surface area contributed by atoms with Crippen LogP contribution in [0.3, 0.4) is 0 Å². The van der Waals surface area contributed by atoms with Crippen molar-refractivity contribution in [3.63, 3.8) is 0 Å². The summed E-state index contributed by atoms with van der Waals surface area (Å²) in [5, 5.41) is 8.12. The normalized spacial score (nSPS) is 10.4. The summed E-state index contributed by atoms with van der Waals surface area (Å²) in [6.45, 7) is 2.49. The second-order valence-electron chi connectivity index (χ2n) is 4.12. The maximum atomic E-state index is 12.1. The number of benzene rings is 1. The molecule has 0 bridgehead atoms. The van der Waals surface area contributed by atoms with E-state index in [1.165, 1.54) is 16.8 Å². The predicted octanol–water partition coefficient (Wildman–Crippen LogP) is 2.16. The number of aryl methyl sites for hydroxylation is 1. The third-order valence-electron chi connectivity index (χ3n) is 2.62. The molecule has 0 aliphatic heterocycles. The van der Waals surface area contributed by atoms with Crippen LogP contribution in [0.5, 0.6) is 5.75 Å². The van der Waals surface area contributed by atoms with Crippen LogP contribution in [0.1, 0.15) is 13.3 Å². The number of aromatic nitrogens is 4. The molecule has 6 nitrogen and oxygen atoms in total. The minimum atomic E-state index is -0.382. The molecule has 0 amide bonds. The Bertz CT molecular complexity index is 746. The Morgan fingerprint density at radius 1 is 1.33 bits per heavy atom. The molecule has 0 saturated carbocycles. The van der Waals surface area contributed by atoms with Crippen molar-refractivity contribution in [1.29, 1.82) is 0 Å². The first-order valence-electron chi connectivity index (χ1n) is 6.17. The average molecular weight is 327 g/mol. The van der Waals surface area contributed by atoms with Crippen LogP contribution in [-0.4, -0.2) is 26.4 Å². The van der Waals surface area contributed by atoms with Gasteiger partial charge in [0, 0.05) is 12.6 Å². The molecule has 0 aliphatic carbocycles. The number of ether oxygens (including phenoxy) is 1. The van der Waals surface area contributed by atoms with Crippen molar-refractivity contribution in [2.24, 2.45) is 0 Å². The first kappa shape index (κ1) is 15.4. The van der Waals surface area contributed by atoms with Crippen molar-refractivity contribution in [1.82, 2.24) is 19.8 Å². The van der Waals surface area contributed by atoms with E-state index in [-0.39, 0.29) is 22.3 Å². The highest BCUT2D eigenvalue weighted by molar-refractivity contribution is 6.35. The summed E-state index contributed by atoms with van der Waals surface area (Å²) in [7, 11) is 0. The molecule has 8 heteroatoms. The van der Waals surface area contributed by atoms with E-state index in [2.05, 4.69) is 16.3 Å². The van der Waals surface area contributed by atoms with E-state index in [0.29, 0.717) is 18.0 Å². The molecule has 110 valence electrons. The molecule has 0 atom stereocenters. The van der Waals surface area contributed by atoms with E-state index in [1.807, 2.05) is 6.92 Å². The fourth-order valence-electron chi connectivity index (χ4n) is 1.69. The number of nitrogens with zero attached hydrogens (tertiary/aromatic N) is 4. The molecule has 0 fully saturated rings. The molecule has 0 N–H and O–H groups in total. The van der Waals surface area contributed by atoms with Crippen molar-refractivity contribution in [3.05, 3.63) is 32.7 Å². The number of rotatable bonds is 5. The Hall–Kier alpha value is -1.97. The third-order valence-corrected chi connectivity index (χ3v) is 3.21. The fourth-order valence-corrected chi connectivity index (χ4v) is 2.13. The van der Waals surface area contributed by atoms with Gasteiger partial charge in [0.1, 0.15) is 12.4 Å². The number of hydrogen-bond acceptors (Lipinski definition) is 4. The Kier molecular flexibility index (Phi) is 4.89. The largest absolute Gasteiger partial charge is 0.479 e. The van der Waals surface area contributed by atoms with Gasteiger partial charge in [0.05, 0.1) is 15.7 Å². The number of tetrazole rings is 1. The van der Waals surface area contributed by atoms with Gasteiger partial charge in [0.15, 0.2) is 0 Å². The van der Waals surface area contributed by atoms with Gasteiger partial charge in [0.2, 0.25) is 0 Å². The lowest BCUT2D eigenvalue weighted by Crippen LogP contribution is -2.24. The van der Waals surface area contributed by atoms with E-state index in [9.17, 15) is 4.79 Å². The van der Waals surface area contributed by atoms with Crippen molar-refractivity contribution in [2.45, 2.75) is 19.9 Å². The van der Waals surface area contributed by atoms with Gasteiger partial charge in [-0.2, -0.15) is 9.36 Å². The molecule has 0 aliphatic rings. The van der Waals surface area contributed by atoms with E-state index in [1.54, 1.807) is 0 Å². The van der Waals surface area contributed by atoms with Gasteiger partial charge in [0.25, 0.3) is 0 Å². The third kappa shape index (κ3) is 3.20. The summed E-state index contributed by atoms with van der Waals surface area (Å²) in [6, 6.07) is 2.98. The number of hydrogen-bond donors (Lipinski definition) is 0. The molecule has 1 heterocycles. The van der Waals surface area contributed by atoms with Gasteiger partial charge >= 0.3 is 5.69 Å². The average Bonchev–Trinajstić information content (AvgIpc) is 2.81. The standard InChI is InChI=1S/C13H12Cl2N4O2/c1-3-5-18-13(20)19(17-16-18)11-7-10(15)12(8-9(11)14)21-6-4-2/h2,7-8H,3,5-6H2,1H3. The smallest absolute Gasteiger partial charge is 0.368 e. The zero-order valence-corrected chi connectivity index (χ0v) is 12.7. The van der Waals surface area contributed by atoms with Crippen LogP contribution in [0.2, 0.25) is 10.0 Å². The molecular weight excluding hydrogens is 315 g/mol. The Morgan fingerprint density at radius 3 is 2.76 bits per heavy atom. The van der Waals surface area contributed by atoms with Crippen molar-refractivity contribution in [2.75, 3.05) is 6.61 Å². The Labute approximate surface area is 131 Å². The highest BCUT2D eigenvalue weighted by Crippen LogP contribution is 2.32. The molecule has 0 radical (unpaired) electrons. The molecule has 0 saturated heterocycles. The molecule has 0 spiro atoms. The summed E-state index contributed by atoms with van der Waals surface area (Å²) in [6.07, 6.45) is 5.89. The first-order valence-corrected chi connectivity index (χ1v) is 6.92. The van der Waals surface area contributed by atoms with Crippen molar-refractivity contribution < 1.29 is 4.74 Å². The molecule has 2 rings (SSSR count). The summed E-state index contributed by atoms with van der Waals surface area (Å²) in [5.41, 5.74) is -0.0470. The van der Waals surface area contributed by atoms with Crippen LogP contribution in [0, 0.1) is 12.3 Å². The van der Waals surface area contributed by atoms with Gasteiger partial charge in [-0.1, -0.05) is 36.0 Å². The highest BCUT2D eigenvalue weighted by Gasteiger charge is 2.15. The first-order chi connectivity index (χ1) is 10.1. The predicted molar refractivity (Wildman–Crippen MR) is 80.3 cm³/mol. The highest BCUT2D eigenvalue weighted by atomic mass is 35.5. The van der Waals surface area contributed by atoms with Crippen LogP contribution < -0.4 is 10.4 Å². The van der Waals surface area contributed by atoms with E-state index >= 15 is 0 Å². The summed E-state index contributed by atoms with van der Waals surface area (Å²) < 4.78 is 7.60. The van der Waals surface area contributed by atoms with Gasteiger partial charge in [-0.25, -0.2) is 4.79 Å². The van der Waals surface area contributed by atoms with Gasteiger partial charge in [-0.05, 0) is 22.9 Å². The zero-order chi connectivity index (χ0) is 15.4. The minimum absolute atomic E-state index is 0.0715. The van der Waals surface area contributed by atoms with Gasteiger partial charge in [-0.15, -0.1) is 6.42 Å². The fraction of sp³-hybridized carbons (Fsp3) is 0.308. The molecule has 21 heavy (non-hydrogen) atoms. The van der Waals surface area contributed by atoms with Crippen molar-refractivity contribution in [3.8, 4) is 23.8 Å². The van der Waals surface area contributed by atoms with Crippen LogP contribution >= 0.6 is 23.2 Å². The minimum Gasteiger partial charge on any atom is -0.479 e. The summed E-state index contributed by atoms with van der Waals surface area (Å²) in [5.74, 6) is 2.68. The maximum Gasteiger partial charge on any atom is 0.368 e. The second kappa shape index (κ2) is 6.66. The maximum absolute atomic E-state index is 12.1. The van der Waals surface area contributed by atoms with Crippen LogP contribution in [-0.2, 0) is 6.54 Å². The zero-order valence-electron chi connectivity index (χ0n) is 11.2. The van der Waals surface area contributed by atoms with Crippen LogP contribution in [0.4, 0.5) is 0 Å². The molecule has 1 aromatic heterocycles. The van der Waals surface area contributed by atoms with Crippen LogP contribution in [0.15, 0.2) is 16.9 Å². The topological polar surface area (TPSA) is 61.9 Å². The van der Waals surface area contributed by atoms with E-state index < -0.39 is 0 Å². The SMILES string of the molecule is C#CCOc1cc(Cl)c(-n2nnn(CCC)c2=O)cc1Cl. The number of halogens is 2. The lowest BCUT2D eigenvalue weighted by atomic mass is 10.3. The molecular formula is C13H12Cl2N4O2. The molecule has 2 aromatic rings.